The first-order chi connectivity index (χ1) is 9.13. The molecular weight excluding hydrogens is 317 g/mol. The number of hydrogen-bond donors (Lipinski definition) is 1. The van der Waals surface area contributed by atoms with Crippen molar-refractivity contribution in [1.29, 1.82) is 0 Å². The predicted molar refractivity (Wildman–Crippen MR) is 68.3 cm³/mol. The molecule has 1 aromatic carbocycles. The normalized spacial score (nSPS) is 14.4. The Bertz CT molecular complexity index is 640. The predicted octanol–water partition coefficient (Wildman–Crippen LogP) is 3.10. The second-order valence-electron chi connectivity index (χ2n) is 4.30. The molecule has 0 unspecified atom stereocenters. The van der Waals surface area contributed by atoms with E-state index < -0.39 is 11.7 Å². The van der Waals surface area contributed by atoms with Crippen molar-refractivity contribution >= 4 is 27.9 Å². The van der Waals surface area contributed by atoms with Gasteiger partial charge >= 0.3 is 6.01 Å². The third kappa shape index (κ3) is 2.65. The van der Waals surface area contributed by atoms with Crippen molar-refractivity contribution in [1.82, 2.24) is 10.2 Å². The highest BCUT2D eigenvalue weighted by molar-refractivity contribution is 9.10. The summed E-state index contributed by atoms with van der Waals surface area (Å²) in [5.41, 5.74) is 0.187. The fourth-order valence-corrected chi connectivity index (χ4v) is 1.83. The minimum atomic E-state index is -0.503. The van der Waals surface area contributed by atoms with Crippen LogP contribution in [0.3, 0.4) is 0 Å². The Morgan fingerprint density at radius 1 is 1.42 bits per heavy atom. The number of nitrogens with zero attached hydrogens (tertiary/aromatic N) is 2. The Balaban J connectivity index is 1.74. The largest absolute Gasteiger partial charge is 0.408 e. The molecule has 5 nitrogen and oxygen atoms in total. The monoisotopic (exact) mass is 325 g/mol. The van der Waals surface area contributed by atoms with Gasteiger partial charge in [-0.05, 0) is 47.0 Å². The van der Waals surface area contributed by atoms with Gasteiger partial charge < -0.3 is 4.42 Å². The summed E-state index contributed by atoms with van der Waals surface area (Å²) < 4.78 is 18.9. The van der Waals surface area contributed by atoms with Crippen LogP contribution < -0.4 is 5.32 Å². The van der Waals surface area contributed by atoms with Gasteiger partial charge in [0.1, 0.15) is 5.82 Å². The molecule has 1 saturated carbocycles. The van der Waals surface area contributed by atoms with Crippen LogP contribution in [0, 0.1) is 5.82 Å². The van der Waals surface area contributed by atoms with E-state index in [2.05, 4.69) is 31.4 Å². The lowest BCUT2D eigenvalue weighted by atomic mass is 10.2. The SMILES string of the molecule is O=C(Nc1nnc(C2CC2)o1)c1ccc(Br)c(F)c1. The number of amides is 1. The van der Waals surface area contributed by atoms with E-state index in [1.807, 2.05) is 0 Å². The lowest BCUT2D eigenvalue weighted by Gasteiger charge is -2.01. The van der Waals surface area contributed by atoms with Gasteiger partial charge in [-0.2, -0.15) is 0 Å². The molecule has 98 valence electrons. The molecule has 7 heteroatoms. The average molecular weight is 326 g/mol. The number of benzene rings is 1. The van der Waals surface area contributed by atoms with Crippen molar-refractivity contribution in [2.75, 3.05) is 5.32 Å². The Morgan fingerprint density at radius 2 is 2.21 bits per heavy atom. The summed E-state index contributed by atoms with van der Waals surface area (Å²) in [6, 6.07) is 4.14. The van der Waals surface area contributed by atoms with E-state index in [0.29, 0.717) is 16.3 Å². The van der Waals surface area contributed by atoms with E-state index in [-0.39, 0.29) is 11.6 Å². The van der Waals surface area contributed by atoms with Crippen LogP contribution in [0.2, 0.25) is 0 Å². The van der Waals surface area contributed by atoms with E-state index in [0.717, 1.165) is 18.9 Å². The highest BCUT2D eigenvalue weighted by Gasteiger charge is 2.29. The number of carbonyl (C=O) groups is 1. The van der Waals surface area contributed by atoms with Crippen molar-refractivity contribution < 1.29 is 13.6 Å². The van der Waals surface area contributed by atoms with Crippen LogP contribution in [0.1, 0.15) is 35.0 Å². The maximum atomic E-state index is 13.3. The molecule has 1 aromatic heterocycles. The van der Waals surface area contributed by atoms with Crippen molar-refractivity contribution in [3.05, 3.63) is 39.9 Å². The molecule has 1 amide bonds. The average Bonchev–Trinajstić information content (AvgIpc) is 3.14. The fourth-order valence-electron chi connectivity index (χ4n) is 1.59. The van der Waals surface area contributed by atoms with E-state index in [1.165, 1.54) is 12.1 Å². The maximum absolute atomic E-state index is 13.3. The zero-order valence-corrected chi connectivity index (χ0v) is 11.3. The molecule has 1 fully saturated rings. The maximum Gasteiger partial charge on any atom is 0.322 e. The van der Waals surface area contributed by atoms with Gasteiger partial charge in [-0.25, -0.2) is 4.39 Å². The molecule has 0 bridgehead atoms. The zero-order valence-electron chi connectivity index (χ0n) is 9.69. The van der Waals surface area contributed by atoms with E-state index in [1.54, 1.807) is 0 Å². The van der Waals surface area contributed by atoms with Crippen LogP contribution in [-0.2, 0) is 0 Å². The summed E-state index contributed by atoms with van der Waals surface area (Å²) in [6.07, 6.45) is 2.07. The Labute approximate surface area is 116 Å². The van der Waals surface area contributed by atoms with Gasteiger partial charge in [0.25, 0.3) is 5.91 Å². The van der Waals surface area contributed by atoms with Gasteiger partial charge in [-0.3, -0.25) is 10.1 Å². The van der Waals surface area contributed by atoms with E-state index in [9.17, 15) is 9.18 Å². The molecule has 1 aliphatic rings. The first-order valence-electron chi connectivity index (χ1n) is 5.73. The van der Waals surface area contributed by atoms with Crippen LogP contribution in [0.4, 0.5) is 10.4 Å². The second kappa shape index (κ2) is 4.73. The first-order valence-corrected chi connectivity index (χ1v) is 6.52. The Hall–Kier alpha value is -1.76. The number of halogens is 2. The minimum Gasteiger partial charge on any atom is -0.408 e. The van der Waals surface area contributed by atoms with Crippen LogP contribution >= 0.6 is 15.9 Å². The lowest BCUT2D eigenvalue weighted by molar-refractivity contribution is 0.102. The summed E-state index contributed by atoms with van der Waals surface area (Å²) in [5, 5.41) is 10.0. The molecule has 0 atom stereocenters. The zero-order chi connectivity index (χ0) is 13.4. The Kier molecular flexibility index (Phi) is 3.06. The molecule has 19 heavy (non-hydrogen) atoms. The lowest BCUT2D eigenvalue weighted by Crippen LogP contribution is -2.12. The number of carbonyl (C=O) groups excluding carboxylic acids is 1. The standard InChI is InChI=1S/C12H9BrFN3O2/c13-8-4-3-7(5-9(8)14)10(18)15-12-17-16-11(19-12)6-1-2-6/h3-6H,1-2H2,(H,15,17,18). The third-order valence-corrected chi connectivity index (χ3v) is 3.41. The number of nitrogens with one attached hydrogen (secondary N) is 1. The molecule has 0 spiro atoms. The van der Waals surface area contributed by atoms with Gasteiger partial charge in [0, 0.05) is 11.5 Å². The van der Waals surface area contributed by atoms with Crippen LogP contribution in [0.25, 0.3) is 0 Å². The molecule has 1 heterocycles. The summed E-state index contributed by atoms with van der Waals surface area (Å²) in [4.78, 5) is 11.9. The van der Waals surface area contributed by atoms with E-state index >= 15 is 0 Å². The van der Waals surface area contributed by atoms with Crippen molar-refractivity contribution in [3.63, 3.8) is 0 Å². The number of aromatic nitrogens is 2. The summed E-state index contributed by atoms with van der Waals surface area (Å²) in [7, 11) is 0. The summed E-state index contributed by atoms with van der Waals surface area (Å²) in [6.45, 7) is 0. The molecule has 3 rings (SSSR count). The third-order valence-electron chi connectivity index (χ3n) is 2.77. The van der Waals surface area contributed by atoms with Gasteiger partial charge in [-0.1, -0.05) is 5.10 Å². The highest BCUT2D eigenvalue weighted by atomic mass is 79.9. The quantitative estimate of drug-likeness (QED) is 0.941. The minimum absolute atomic E-state index is 0.0372. The highest BCUT2D eigenvalue weighted by Crippen LogP contribution is 2.39. The first kappa shape index (κ1) is 12.3. The van der Waals surface area contributed by atoms with Gasteiger partial charge in [0.2, 0.25) is 5.89 Å². The molecular formula is C12H9BrFN3O2. The van der Waals surface area contributed by atoms with Crippen molar-refractivity contribution in [2.45, 2.75) is 18.8 Å². The van der Waals surface area contributed by atoms with Crippen LogP contribution in [-0.4, -0.2) is 16.1 Å². The smallest absolute Gasteiger partial charge is 0.322 e. The molecule has 0 radical (unpaired) electrons. The number of rotatable bonds is 3. The van der Waals surface area contributed by atoms with Crippen LogP contribution in [0.5, 0.6) is 0 Å². The van der Waals surface area contributed by atoms with Gasteiger partial charge in [0.05, 0.1) is 4.47 Å². The molecule has 0 saturated heterocycles. The van der Waals surface area contributed by atoms with Gasteiger partial charge in [-0.15, -0.1) is 5.10 Å². The molecule has 1 aliphatic carbocycles. The fraction of sp³-hybridized carbons (Fsp3) is 0.250. The number of anilines is 1. The molecule has 0 aliphatic heterocycles. The summed E-state index contributed by atoms with van der Waals surface area (Å²) >= 11 is 3.02. The number of hydrogen-bond acceptors (Lipinski definition) is 4. The van der Waals surface area contributed by atoms with Crippen LogP contribution in [0.15, 0.2) is 27.1 Å². The van der Waals surface area contributed by atoms with Gasteiger partial charge in [0.15, 0.2) is 0 Å². The molecule has 2 aromatic rings. The van der Waals surface area contributed by atoms with Crippen molar-refractivity contribution in [3.8, 4) is 0 Å². The van der Waals surface area contributed by atoms with Crippen molar-refractivity contribution in [2.24, 2.45) is 0 Å². The Morgan fingerprint density at radius 3 is 2.89 bits per heavy atom. The topological polar surface area (TPSA) is 68.0 Å². The molecule has 1 N–H and O–H groups in total. The summed E-state index contributed by atoms with van der Waals surface area (Å²) in [5.74, 6) is -0.130. The van der Waals surface area contributed by atoms with E-state index in [4.69, 9.17) is 4.42 Å². The second-order valence-corrected chi connectivity index (χ2v) is 5.16.